The molecule has 0 aliphatic rings. The maximum absolute atomic E-state index is 12.9. The Morgan fingerprint density at radius 1 is 1.11 bits per heavy atom. The van der Waals surface area contributed by atoms with Crippen LogP contribution >= 0.6 is 11.6 Å². The topological polar surface area (TPSA) is 75.3 Å². The highest BCUT2D eigenvalue weighted by molar-refractivity contribution is 6.30. The zero-order valence-electron chi connectivity index (χ0n) is 15.5. The molecule has 0 saturated heterocycles. The number of benzene rings is 2. The SMILES string of the molecule is CN=C(NCCc1ccc(F)cc1)NCCc1nc(-c2cccc(Cl)c2)no1. The molecule has 0 bridgehead atoms. The van der Waals surface area contributed by atoms with Gasteiger partial charge in [-0.15, -0.1) is 0 Å². The first-order valence-corrected chi connectivity index (χ1v) is 9.29. The molecule has 8 heteroatoms. The number of halogens is 2. The van der Waals surface area contributed by atoms with Crippen LogP contribution in [0.5, 0.6) is 0 Å². The van der Waals surface area contributed by atoms with E-state index in [9.17, 15) is 4.39 Å². The van der Waals surface area contributed by atoms with Gasteiger partial charge < -0.3 is 15.2 Å². The lowest BCUT2D eigenvalue weighted by atomic mass is 10.1. The molecule has 0 fully saturated rings. The fourth-order valence-electron chi connectivity index (χ4n) is 2.59. The first kappa shape index (κ1) is 19.8. The van der Waals surface area contributed by atoms with Crippen LogP contribution in [0, 0.1) is 5.82 Å². The molecule has 0 atom stereocenters. The minimum Gasteiger partial charge on any atom is -0.356 e. The highest BCUT2D eigenvalue weighted by atomic mass is 35.5. The third-order valence-electron chi connectivity index (χ3n) is 4.03. The van der Waals surface area contributed by atoms with Crippen molar-refractivity contribution in [3.8, 4) is 11.4 Å². The maximum Gasteiger partial charge on any atom is 0.228 e. The highest BCUT2D eigenvalue weighted by Gasteiger charge is 2.09. The molecule has 0 radical (unpaired) electrons. The summed E-state index contributed by atoms with van der Waals surface area (Å²) < 4.78 is 18.2. The number of nitrogens with one attached hydrogen (secondary N) is 2. The summed E-state index contributed by atoms with van der Waals surface area (Å²) in [5.41, 5.74) is 1.87. The van der Waals surface area contributed by atoms with E-state index in [-0.39, 0.29) is 5.82 Å². The molecule has 1 aromatic heterocycles. The van der Waals surface area contributed by atoms with E-state index in [2.05, 4.69) is 25.8 Å². The van der Waals surface area contributed by atoms with Crippen molar-refractivity contribution in [1.29, 1.82) is 0 Å². The molecule has 1 heterocycles. The third-order valence-corrected chi connectivity index (χ3v) is 4.26. The van der Waals surface area contributed by atoms with Crippen LogP contribution in [0.25, 0.3) is 11.4 Å². The van der Waals surface area contributed by atoms with Gasteiger partial charge in [0.1, 0.15) is 5.82 Å². The summed E-state index contributed by atoms with van der Waals surface area (Å²) in [6.07, 6.45) is 1.33. The van der Waals surface area contributed by atoms with Gasteiger partial charge in [-0.05, 0) is 36.2 Å². The van der Waals surface area contributed by atoms with Gasteiger partial charge in [-0.1, -0.05) is 41.0 Å². The lowest BCUT2D eigenvalue weighted by Crippen LogP contribution is -2.39. The standard InChI is InChI=1S/C20H21ClFN5O/c1-23-20(24-11-9-14-5-7-17(22)8-6-14)25-12-10-18-26-19(27-28-18)15-3-2-4-16(21)13-15/h2-8,13H,9-12H2,1H3,(H2,23,24,25). The quantitative estimate of drug-likeness (QED) is 0.468. The molecule has 0 unspecified atom stereocenters. The van der Waals surface area contributed by atoms with E-state index in [1.165, 1.54) is 12.1 Å². The number of aliphatic imine (C=N–C) groups is 1. The van der Waals surface area contributed by atoms with Crippen LogP contribution in [0.15, 0.2) is 58.0 Å². The number of hydrogen-bond donors (Lipinski definition) is 2. The minimum atomic E-state index is -0.228. The van der Waals surface area contributed by atoms with E-state index in [1.807, 2.05) is 12.1 Å². The van der Waals surface area contributed by atoms with E-state index < -0.39 is 0 Å². The second kappa shape index (κ2) is 9.85. The van der Waals surface area contributed by atoms with Crippen molar-refractivity contribution in [2.45, 2.75) is 12.8 Å². The molecule has 0 spiro atoms. The summed E-state index contributed by atoms with van der Waals surface area (Å²) in [7, 11) is 1.71. The second-order valence-electron chi connectivity index (χ2n) is 6.07. The van der Waals surface area contributed by atoms with Gasteiger partial charge in [-0.25, -0.2) is 4.39 Å². The zero-order chi connectivity index (χ0) is 19.8. The summed E-state index contributed by atoms with van der Waals surface area (Å²) in [5, 5.41) is 11.0. The third kappa shape index (κ3) is 5.79. The van der Waals surface area contributed by atoms with Gasteiger partial charge in [0.15, 0.2) is 5.96 Å². The highest BCUT2D eigenvalue weighted by Crippen LogP contribution is 2.19. The Kier molecular flexibility index (Phi) is 6.97. The van der Waals surface area contributed by atoms with Crippen LogP contribution < -0.4 is 10.6 Å². The molecular weight excluding hydrogens is 381 g/mol. The molecule has 3 aromatic rings. The Balaban J connectivity index is 1.42. The zero-order valence-corrected chi connectivity index (χ0v) is 16.2. The Morgan fingerprint density at radius 3 is 2.57 bits per heavy atom. The molecular formula is C20H21ClFN5O. The second-order valence-corrected chi connectivity index (χ2v) is 6.51. The van der Waals surface area contributed by atoms with Crippen LogP contribution in [0.3, 0.4) is 0 Å². The lowest BCUT2D eigenvalue weighted by Gasteiger charge is -2.11. The Bertz CT molecular complexity index is 926. The average Bonchev–Trinajstić information content (AvgIpc) is 3.17. The molecule has 0 aliphatic heterocycles. The first-order valence-electron chi connectivity index (χ1n) is 8.91. The fraction of sp³-hybridized carbons (Fsp3) is 0.250. The molecule has 0 aliphatic carbocycles. The fourth-order valence-corrected chi connectivity index (χ4v) is 2.78. The van der Waals surface area contributed by atoms with E-state index in [4.69, 9.17) is 16.1 Å². The summed E-state index contributed by atoms with van der Waals surface area (Å²) in [6, 6.07) is 13.8. The molecule has 2 aromatic carbocycles. The Hall–Kier alpha value is -2.93. The smallest absolute Gasteiger partial charge is 0.228 e. The largest absolute Gasteiger partial charge is 0.356 e. The number of hydrogen-bond acceptors (Lipinski definition) is 4. The number of rotatable bonds is 7. The maximum atomic E-state index is 12.9. The van der Waals surface area contributed by atoms with Crippen molar-refractivity contribution >= 4 is 17.6 Å². The molecule has 6 nitrogen and oxygen atoms in total. The summed E-state index contributed by atoms with van der Waals surface area (Å²) in [4.78, 5) is 8.57. The van der Waals surface area contributed by atoms with Gasteiger partial charge in [-0.3, -0.25) is 4.99 Å². The van der Waals surface area contributed by atoms with E-state index >= 15 is 0 Å². The van der Waals surface area contributed by atoms with Crippen molar-refractivity contribution in [3.05, 3.63) is 70.8 Å². The van der Waals surface area contributed by atoms with Crippen molar-refractivity contribution < 1.29 is 8.91 Å². The molecule has 2 N–H and O–H groups in total. The predicted octanol–water partition coefficient (Wildman–Crippen LogP) is 3.48. The monoisotopic (exact) mass is 401 g/mol. The molecule has 28 heavy (non-hydrogen) atoms. The van der Waals surface area contributed by atoms with Gasteiger partial charge in [-0.2, -0.15) is 4.98 Å². The molecule has 0 amide bonds. The minimum absolute atomic E-state index is 0.228. The van der Waals surface area contributed by atoms with Crippen LogP contribution in [0.2, 0.25) is 5.02 Å². The van der Waals surface area contributed by atoms with Gasteiger partial charge in [0.25, 0.3) is 0 Å². The van der Waals surface area contributed by atoms with Crippen LogP contribution in [-0.2, 0) is 12.8 Å². The normalized spacial score (nSPS) is 11.5. The van der Waals surface area contributed by atoms with Gasteiger partial charge in [0.05, 0.1) is 0 Å². The number of aromatic nitrogens is 2. The van der Waals surface area contributed by atoms with Crippen LogP contribution in [0.4, 0.5) is 4.39 Å². The summed E-state index contributed by atoms with van der Waals surface area (Å²) >= 11 is 5.99. The Morgan fingerprint density at radius 2 is 1.86 bits per heavy atom. The molecule has 0 saturated carbocycles. The summed E-state index contributed by atoms with van der Waals surface area (Å²) in [5.74, 6) is 1.49. The number of nitrogens with zero attached hydrogens (tertiary/aromatic N) is 3. The van der Waals surface area contributed by atoms with Gasteiger partial charge in [0.2, 0.25) is 11.7 Å². The van der Waals surface area contributed by atoms with Crippen LogP contribution in [0.1, 0.15) is 11.5 Å². The predicted molar refractivity (Wildman–Crippen MR) is 108 cm³/mol. The number of guanidine groups is 1. The van der Waals surface area contributed by atoms with Gasteiger partial charge in [0, 0.05) is 37.1 Å². The van der Waals surface area contributed by atoms with Gasteiger partial charge >= 0.3 is 0 Å². The average molecular weight is 402 g/mol. The van der Waals surface area contributed by atoms with Crippen molar-refractivity contribution in [3.63, 3.8) is 0 Å². The van der Waals surface area contributed by atoms with Crippen LogP contribution in [-0.4, -0.2) is 36.2 Å². The van der Waals surface area contributed by atoms with Crippen molar-refractivity contribution in [2.24, 2.45) is 4.99 Å². The molecule has 3 rings (SSSR count). The van der Waals surface area contributed by atoms with E-state index in [0.29, 0.717) is 42.2 Å². The summed E-state index contributed by atoms with van der Waals surface area (Å²) in [6.45, 7) is 1.28. The first-order chi connectivity index (χ1) is 13.6. The van der Waals surface area contributed by atoms with Crippen molar-refractivity contribution in [1.82, 2.24) is 20.8 Å². The Labute approximate surface area is 167 Å². The van der Waals surface area contributed by atoms with E-state index in [1.54, 1.807) is 31.3 Å². The lowest BCUT2D eigenvalue weighted by molar-refractivity contribution is 0.378. The molecule has 146 valence electrons. The van der Waals surface area contributed by atoms with Crippen molar-refractivity contribution in [2.75, 3.05) is 20.1 Å². The van der Waals surface area contributed by atoms with E-state index in [0.717, 1.165) is 17.5 Å².